The fourth-order valence-electron chi connectivity index (χ4n) is 3.38. The molecule has 40 heavy (non-hydrogen) atoms. The van der Waals surface area contributed by atoms with E-state index in [0.29, 0.717) is 31.8 Å². The van der Waals surface area contributed by atoms with Gasteiger partial charge in [0.05, 0.1) is 11.5 Å². The standard InChI is InChI=1S/C21H28N6O5S.C2HF3O2/c1-14-4-3-5-17(10-14)33(30,31)25-18-7-6-15(2)26(20(18)29)12-19(28)24-11-16-8-9-27(21(22)23)32-13-16;3-2(4,5)1(6)7/h3-7,10,16,25H,8-9,11-13H2,1-2H3,(H3,22,23)(H,24,28);(H,6,7). The molecule has 2 aromatic rings. The van der Waals surface area contributed by atoms with Crippen molar-refractivity contribution in [2.75, 3.05) is 24.4 Å². The maximum Gasteiger partial charge on any atom is 0.490 e. The monoisotopic (exact) mass is 590 g/mol. The molecule has 0 saturated carbocycles. The Morgan fingerprint density at radius 2 is 1.88 bits per heavy atom. The number of benzene rings is 1. The number of carbonyl (C=O) groups is 2. The minimum absolute atomic E-state index is 0.0461. The number of carboxylic acids is 1. The minimum atomic E-state index is -5.08. The first-order valence-electron chi connectivity index (χ1n) is 11.6. The molecule has 1 unspecified atom stereocenters. The van der Waals surface area contributed by atoms with Crippen LogP contribution >= 0.6 is 0 Å². The number of carboxylic acid groups (broad SMARTS) is 1. The number of aliphatic carboxylic acids is 1. The molecule has 1 aliphatic heterocycles. The number of hydroxylamine groups is 2. The van der Waals surface area contributed by atoms with E-state index in [-0.39, 0.29) is 34.9 Å². The Labute approximate surface area is 227 Å². The summed E-state index contributed by atoms with van der Waals surface area (Å²) in [6.45, 7) is 4.30. The predicted octanol–water partition coefficient (Wildman–Crippen LogP) is 1.16. The van der Waals surface area contributed by atoms with E-state index in [1.807, 2.05) is 0 Å². The maximum absolute atomic E-state index is 12.9. The molecule has 220 valence electrons. The third-order valence-electron chi connectivity index (χ3n) is 5.54. The van der Waals surface area contributed by atoms with Gasteiger partial charge in [0.15, 0.2) is 0 Å². The SMILES string of the molecule is Cc1cccc(S(=O)(=O)Nc2ccc(C)n(CC(=O)NCC3CCN(C(=N)N)OC3)c2=O)c1.O=C(O)C(F)(F)F. The number of aryl methyl sites for hydroxylation is 2. The number of halogens is 3. The van der Waals surface area contributed by atoms with Gasteiger partial charge < -0.3 is 20.7 Å². The van der Waals surface area contributed by atoms with Crippen LogP contribution < -0.4 is 21.3 Å². The molecule has 1 aromatic carbocycles. The number of nitrogens with one attached hydrogen (secondary N) is 3. The molecule has 0 radical (unpaired) electrons. The zero-order valence-corrected chi connectivity index (χ0v) is 22.3. The summed E-state index contributed by atoms with van der Waals surface area (Å²) in [5.41, 5.74) is 5.92. The lowest BCUT2D eigenvalue weighted by atomic mass is 10.1. The number of aromatic nitrogens is 1. The van der Waals surface area contributed by atoms with E-state index < -0.39 is 27.7 Å². The van der Waals surface area contributed by atoms with Gasteiger partial charge in [-0.2, -0.15) is 13.2 Å². The second-order valence-electron chi connectivity index (χ2n) is 8.75. The Balaban J connectivity index is 0.000000708. The van der Waals surface area contributed by atoms with Gasteiger partial charge in [-0.05, 0) is 50.1 Å². The van der Waals surface area contributed by atoms with Gasteiger partial charge in [-0.3, -0.25) is 24.6 Å². The van der Waals surface area contributed by atoms with Crippen molar-refractivity contribution < 1.29 is 41.1 Å². The van der Waals surface area contributed by atoms with Crippen LogP contribution in [0.15, 0.2) is 46.1 Å². The van der Waals surface area contributed by atoms with Crippen LogP contribution in [-0.2, 0) is 31.0 Å². The van der Waals surface area contributed by atoms with Crippen molar-refractivity contribution in [2.24, 2.45) is 11.7 Å². The average molecular weight is 591 g/mol. The number of nitrogens with two attached hydrogens (primary N) is 1. The molecule has 0 bridgehead atoms. The molecular formula is C23H29F3N6O7S. The zero-order chi connectivity index (χ0) is 30.3. The van der Waals surface area contributed by atoms with Crippen LogP contribution in [0.5, 0.6) is 0 Å². The van der Waals surface area contributed by atoms with Crippen LogP contribution in [0.3, 0.4) is 0 Å². The van der Waals surface area contributed by atoms with Crippen molar-refractivity contribution in [2.45, 2.75) is 37.9 Å². The first-order chi connectivity index (χ1) is 18.5. The first-order valence-corrected chi connectivity index (χ1v) is 13.1. The highest BCUT2D eigenvalue weighted by atomic mass is 32.2. The Bertz CT molecular complexity index is 1400. The summed E-state index contributed by atoms with van der Waals surface area (Å²) >= 11 is 0. The lowest BCUT2D eigenvalue weighted by Gasteiger charge is -2.31. The minimum Gasteiger partial charge on any atom is -0.475 e. The maximum atomic E-state index is 12.9. The van der Waals surface area contributed by atoms with Gasteiger partial charge in [0.25, 0.3) is 15.6 Å². The molecule has 13 nitrogen and oxygen atoms in total. The Hall–Kier alpha value is -4.12. The van der Waals surface area contributed by atoms with E-state index in [4.69, 9.17) is 25.9 Å². The average Bonchev–Trinajstić information content (AvgIpc) is 2.87. The van der Waals surface area contributed by atoms with E-state index in [1.165, 1.54) is 27.8 Å². The molecule has 1 fully saturated rings. The number of guanidine groups is 1. The summed E-state index contributed by atoms with van der Waals surface area (Å²) < 4.78 is 60.7. The van der Waals surface area contributed by atoms with Gasteiger partial charge in [-0.25, -0.2) is 18.3 Å². The highest BCUT2D eigenvalue weighted by Crippen LogP contribution is 2.16. The van der Waals surface area contributed by atoms with Gasteiger partial charge >= 0.3 is 12.1 Å². The molecule has 1 saturated heterocycles. The molecule has 6 N–H and O–H groups in total. The van der Waals surface area contributed by atoms with E-state index in [1.54, 1.807) is 32.0 Å². The third-order valence-corrected chi connectivity index (χ3v) is 6.91. The number of hydrogen-bond donors (Lipinski definition) is 5. The van der Waals surface area contributed by atoms with Gasteiger partial charge in [0, 0.05) is 24.7 Å². The first kappa shape index (κ1) is 32.1. The molecular weight excluding hydrogens is 561 g/mol. The number of carbonyl (C=O) groups excluding carboxylic acids is 1. The van der Waals surface area contributed by atoms with Crippen molar-refractivity contribution in [3.05, 3.63) is 58.0 Å². The van der Waals surface area contributed by atoms with Gasteiger partial charge in [-0.15, -0.1) is 0 Å². The number of pyridine rings is 1. The largest absolute Gasteiger partial charge is 0.490 e. The van der Waals surface area contributed by atoms with E-state index in [0.717, 1.165) is 5.56 Å². The normalized spacial score (nSPS) is 15.4. The van der Waals surface area contributed by atoms with Gasteiger partial charge in [0.1, 0.15) is 12.2 Å². The number of alkyl halides is 3. The van der Waals surface area contributed by atoms with Crippen LogP contribution in [-0.4, -0.2) is 66.9 Å². The summed E-state index contributed by atoms with van der Waals surface area (Å²) in [6, 6.07) is 9.31. The molecule has 2 heterocycles. The molecule has 1 aliphatic rings. The summed E-state index contributed by atoms with van der Waals surface area (Å²) in [4.78, 5) is 39.7. The van der Waals surface area contributed by atoms with Crippen LogP contribution in [0.2, 0.25) is 0 Å². The van der Waals surface area contributed by atoms with Crippen LogP contribution in [0.4, 0.5) is 18.9 Å². The highest BCUT2D eigenvalue weighted by molar-refractivity contribution is 7.92. The molecule has 0 spiro atoms. The lowest BCUT2D eigenvalue weighted by molar-refractivity contribution is -0.192. The van der Waals surface area contributed by atoms with E-state index in [9.17, 15) is 31.2 Å². The number of rotatable bonds is 7. The molecule has 1 atom stereocenters. The van der Waals surface area contributed by atoms with Crippen molar-refractivity contribution in [1.82, 2.24) is 14.9 Å². The fraction of sp³-hybridized carbons (Fsp3) is 0.391. The molecule has 1 amide bonds. The van der Waals surface area contributed by atoms with Crippen molar-refractivity contribution >= 4 is 33.5 Å². The van der Waals surface area contributed by atoms with Crippen LogP contribution in [0.1, 0.15) is 17.7 Å². The molecule has 1 aromatic heterocycles. The van der Waals surface area contributed by atoms with E-state index >= 15 is 0 Å². The van der Waals surface area contributed by atoms with Crippen molar-refractivity contribution in [3.8, 4) is 0 Å². The van der Waals surface area contributed by atoms with Crippen LogP contribution in [0, 0.1) is 25.2 Å². The van der Waals surface area contributed by atoms with Crippen LogP contribution in [0.25, 0.3) is 0 Å². The lowest BCUT2D eigenvalue weighted by Crippen LogP contribution is -2.45. The van der Waals surface area contributed by atoms with Gasteiger partial charge in [0.2, 0.25) is 11.9 Å². The number of nitrogens with zero attached hydrogens (tertiary/aromatic N) is 2. The zero-order valence-electron chi connectivity index (χ0n) is 21.5. The topological polar surface area (TPSA) is 197 Å². The quantitative estimate of drug-likeness (QED) is 0.232. The molecule has 17 heteroatoms. The highest BCUT2D eigenvalue weighted by Gasteiger charge is 2.38. The van der Waals surface area contributed by atoms with E-state index in [2.05, 4.69) is 10.0 Å². The summed E-state index contributed by atoms with van der Waals surface area (Å²) in [6.07, 6.45) is -4.39. The third kappa shape index (κ3) is 9.26. The Morgan fingerprint density at radius 1 is 1.23 bits per heavy atom. The van der Waals surface area contributed by atoms with Crippen molar-refractivity contribution in [3.63, 3.8) is 0 Å². The molecule has 3 rings (SSSR count). The second-order valence-corrected chi connectivity index (χ2v) is 10.4. The van der Waals surface area contributed by atoms with Crippen molar-refractivity contribution in [1.29, 1.82) is 5.41 Å². The number of amides is 1. The number of sulfonamides is 1. The molecule has 0 aliphatic carbocycles. The number of hydrogen-bond acceptors (Lipinski definition) is 7. The summed E-state index contributed by atoms with van der Waals surface area (Å²) in [5.74, 6) is -3.25. The second kappa shape index (κ2) is 13.3. The predicted molar refractivity (Wildman–Crippen MR) is 137 cm³/mol. The Kier molecular flexibility index (Phi) is 10.7. The smallest absolute Gasteiger partial charge is 0.475 e. The summed E-state index contributed by atoms with van der Waals surface area (Å²) in [7, 11) is -3.96. The number of anilines is 1. The fourth-order valence-corrected chi connectivity index (χ4v) is 4.54. The van der Waals surface area contributed by atoms with Gasteiger partial charge in [-0.1, -0.05) is 12.1 Å². The summed E-state index contributed by atoms with van der Waals surface area (Å²) in [5, 5.41) is 18.6. The Morgan fingerprint density at radius 3 is 2.40 bits per heavy atom.